The highest BCUT2D eigenvalue weighted by Gasteiger charge is 2.17. The second-order valence-corrected chi connectivity index (χ2v) is 4.23. The molecule has 1 rings (SSSR count). The van der Waals surface area contributed by atoms with Gasteiger partial charge >= 0.3 is 0 Å². The molecule has 0 saturated heterocycles. The van der Waals surface area contributed by atoms with Crippen molar-refractivity contribution in [3.05, 3.63) is 24.3 Å². The largest absolute Gasteiger partial charge is 0.497 e. The van der Waals surface area contributed by atoms with Crippen molar-refractivity contribution in [2.24, 2.45) is 0 Å². The van der Waals surface area contributed by atoms with E-state index < -0.39 is 0 Å². The van der Waals surface area contributed by atoms with Gasteiger partial charge in [0, 0.05) is 5.33 Å². The van der Waals surface area contributed by atoms with Crippen molar-refractivity contribution in [1.29, 1.82) is 0 Å². The zero-order valence-corrected chi connectivity index (χ0v) is 10.3. The van der Waals surface area contributed by atoms with Gasteiger partial charge < -0.3 is 9.47 Å². The van der Waals surface area contributed by atoms with Crippen molar-refractivity contribution in [1.82, 2.24) is 0 Å². The molecule has 0 amide bonds. The van der Waals surface area contributed by atoms with E-state index in [4.69, 9.17) is 9.47 Å². The molecule has 0 fully saturated rings. The van der Waals surface area contributed by atoms with Crippen LogP contribution in [0.2, 0.25) is 0 Å². The van der Waals surface area contributed by atoms with Crippen LogP contribution in [-0.2, 0) is 0 Å². The topological polar surface area (TPSA) is 18.5 Å². The molecular weight excluding hydrogens is 244 g/mol. The molecule has 0 N–H and O–H groups in total. The minimum Gasteiger partial charge on any atom is -0.497 e. The van der Waals surface area contributed by atoms with Crippen LogP contribution >= 0.6 is 15.9 Å². The summed E-state index contributed by atoms with van der Waals surface area (Å²) in [5, 5.41) is 0.798. The fourth-order valence-electron chi connectivity index (χ4n) is 0.990. The summed E-state index contributed by atoms with van der Waals surface area (Å²) in [7, 11) is 1.65. The highest BCUT2D eigenvalue weighted by molar-refractivity contribution is 9.09. The predicted molar refractivity (Wildman–Crippen MR) is 61.5 cm³/mol. The van der Waals surface area contributed by atoms with Gasteiger partial charge in [-0.15, -0.1) is 0 Å². The molecule has 0 aliphatic rings. The number of benzene rings is 1. The summed E-state index contributed by atoms with van der Waals surface area (Å²) in [6, 6.07) is 7.59. The number of rotatable bonds is 4. The first-order valence-corrected chi connectivity index (χ1v) is 5.58. The minimum absolute atomic E-state index is 0.186. The molecule has 0 aromatic heterocycles. The van der Waals surface area contributed by atoms with Crippen molar-refractivity contribution in [3.63, 3.8) is 0 Å². The summed E-state index contributed by atoms with van der Waals surface area (Å²) in [6.45, 7) is 4.07. The van der Waals surface area contributed by atoms with Gasteiger partial charge in [-0.25, -0.2) is 0 Å². The number of halogens is 1. The van der Waals surface area contributed by atoms with Crippen molar-refractivity contribution >= 4 is 15.9 Å². The van der Waals surface area contributed by atoms with Crippen molar-refractivity contribution in [2.75, 3.05) is 12.4 Å². The van der Waals surface area contributed by atoms with Crippen LogP contribution in [0.5, 0.6) is 11.5 Å². The molecule has 0 atom stereocenters. The van der Waals surface area contributed by atoms with E-state index in [1.54, 1.807) is 7.11 Å². The lowest BCUT2D eigenvalue weighted by Gasteiger charge is -2.23. The third-order valence-electron chi connectivity index (χ3n) is 1.78. The van der Waals surface area contributed by atoms with E-state index in [-0.39, 0.29) is 5.60 Å². The van der Waals surface area contributed by atoms with Gasteiger partial charge in [-0.05, 0) is 38.1 Å². The number of ether oxygens (including phenoxy) is 2. The summed E-state index contributed by atoms with van der Waals surface area (Å²) in [4.78, 5) is 0. The molecule has 0 radical (unpaired) electrons. The van der Waals surface area contributed by atoms with Crippen LogP contribution in [0.4, 0.5) is 0 Å². The number of hydrogen-bond donors (Lipinski definition) is 0. The maximum Gasteiger partial charge on any atom is 0.120 e. The molecule has 0 spiro atoms. The fourth-order valence-corrected chi connectivity index (χ4v) is 1.10. The Morgan fingerprint density at radius 2 is 1.64 bits per heavy atom. The lowest BCUT2D eigenvalue weighted by molar-refractivity contribution is 0.137. The van der Waals surface area contributed by atoms with Gasteiger partial charge in [-0.3, -0.25) is 0 Å². The molecule has 1 aromatic carbocycles. The van der Waals surface area contributed by atoms with E-state index in [1.165, 1.54) is 0 Å². The molecular formula is C11H15BrO2. The van der Waals surface area contributed by atoms with Crippen LogP contribution in [0, 0.1) is 0 Å². The fraction of sp³-hybridized carbons (Fsp3) is 0.455. The van der Waals surface area contributed by atoms with Crippen LogP contribution in [0.1, 0.15) is 13.8 Å². The molecule has 0 heterocycles. The average Bonchev–Trinajstić information content (AvgIpc) is 2.19. The highest BCUT2D eigenvalue weighted by Crippen LogP contribution is 2.22. The van der Waals surface area contributed by atoms with Crippen molar-refractivity contribution in [3.8, 4) is 11.5 Å². The number of alkyl halides is 1. The lowest BCUT2D eigenvalue weighted by atomic mass is 10.2. The molecule has 2 nitrogen and oxygen atoms in total. The van der Waals surface area contributed by atoms with Gasteiger partial charge in [0.15, 0.2) is 0 Å². The standard InChI is InChI=1S/C11H15BrO2/c1-11(2,8-12)14-10-6-4-9(13-3)5-7-10/h4-7H,8H2,1-3H3. The Morgan fingerprint density at radius 3 is 2.07 bits per heavy atom. The average molecular weight is 259 g/mol. The molecule has 0 aliphatic carbocycles. The maximum atomic E-state index is 5.75. The lowest BCUT2D eigenvalue weighted by Crippen LogP contribution is -2.29. The Labute approximate surface area is 93.4 Å². The van der Waals surface area contributed by atoms with E-state index in [2.05, 4.69) is 15.9 Å². The van der Waals surface area contributed by atoms with Crippen LogP contribution < -0.4 is 9.47 Å². The number of methoxy groups -OCH3 is 1. The molecule has 3 heteroatoms. The highest BCUT2D eigenvalue weighted by atomic mass is 79.9. The molecule has 78 valence electrons. The predicted octanol–water partition coefficient (Wildman–Crippen LogP) is 3.25. The maximum absolute atomic E-state index is 5.75. The van der Waals surface area contributed by atoms with Crippen molar-refractivity contribution < 1.29 is 9.47 Å². The summed E-state index contributed by atoms with van der Waals surface area (Å²) in [5.74, 6) is 1.70. The summed E-state index contributed by atoms with van der Waals surface area (Å²) in [5.41, 5.74) is -0.186. The van der Waals surface area contributed by atoms with Gasteiger partial charge in [0.25, 0.3) is 0 Å². The third kappa shape index (κ3) is 3.22. The van der Waals surface area contributed by atoms with E-state index in [0.29, 0.717) is 0 Å². The molecule has 0 unspecified atom stereocenters. The SMILES string of the molecule is COc1ccc(OC(C)(C)CBr)cc1. The van der Waals surface area contributed by atoms with Gasteiger partial charge in [-0.2, -0.15) is 0 Å². The van der Waals surface area contributed by atoms with E-state index in [0.717, 1.165) is 16.8 Å². The third-order valence-corrected chi connectivity index (χ3v) is 3.13. The van der Waals surface area contributed by atoms with Crippen molar-refractivity contribution in [2.45, 2.75) is 19.4 Å². The van der Waals surface area contributed by atoms with Crippen LogP contribution in [0.25, 0.3) is 0 Å². The summed E-state index contributed by atoms with van der Waals surface area (Å²) in [6.07, 6.45) is 0. The van der Waals surface area contributed by atoms with Crippen LogP contribution in [0.15, 0.2) is 24.3 Å². The second-order valence-electron chi connectivity index (χ2n) is 3.67. The van der Waals surface area contributed by atoms with Crippen LogP contribution in [-0.4, -0.2) is 18.0 Å². The molecule has 1 aromatic rings. The quantitative estimate of drug-likeness (QED) is 0.773. The van der Waals surface area contributed by atoms with Gasteiger partial charge in [0.2, 0.25) is 0 Å². The zero-order valence-electron chi connectivity index (χ0n) is 8.71. The summed E-state index contributed by atoms with van der Waals surface area (Å²) < 4.78 is 10.8. The Kier molecular flexibility index (Phi) is 3.81. The first kappa shape index (κ1) is 11.4. The molecule has 0 saturated carbocycles. The van der Waals surface area contributed by atoms with Gasteiger partial charge in [-0.1, -0.05) is 15.9 Å². The van der Waals surface area contributed by atoms with E-state index >= 15 is 0 Å². The second kappa shape index (κ2) is 4.69. The first-order valence-electron chi connectivity index (χ1n) is 4.46. The Morgan fingerprint density at radius 1 is 1.14 bits per heavy atom. The molecule has 0 bridgehead atoms. The Hall–Kier alpha value is -0.700. The monoisotopic (exact) mass is 258 g/mol. The molecule has 0 aliphatic heterocycles. The smallest absolute Gasteiger partial charge is 0.120 e. The van der Waals surface area contributed by atoms with E-state index in [1.807, 2.05) is 38.1 Å². The van der Waals surface area contributed by atoms with Gasteiger partial charge in [0.1, 0.15) is 17.1 Å². The summed E-state index contributed by atoms with van der Waals surface area (Å²) >= 11 is 3.41. The molecule has 14 heavy (non-hydrogen) atoms. The normalized spacial score (nSPS) is 11.1. The Balaban J connectivity index is 2.69. The van der Waals surface area contributed by atoms with Crippen LogP contribution in [0.3, 0.4) is 0 Å². The Bertz CT molecular complexity index is 280. The zero-order chi connectivity index (χ0) is 10.6. The minimum atomic E-state index is -0.186. The van der Waals surface area contributed by atoms with Gasteiger partial charge in [0.05, 0.1) is 7.11 Å². The first-order chi connectivity index (χ1) is 6.57. The number of hydrogen-bond acceptors (Lipinski definition) is 2. The van der Waals surface area contributed by atoms with E-state index in [9.17, 15) is 0 Å².